The van der Waals surface area contributed by atoms with Crippen molar-refractivity contribution in [3.05, 3.63) is 35.4 Å². The molecule has 2 saturated heterocycles. The van der Waals surface area contributed by atoms with E-state index in [1.54, 1.807) is 14.2 Å². The number of hydrogen-bond acceptors (Lipinski definition) is 4. The molecule has 1 aromatic rings. The molecule has 2 heterocycles. The van der Waals surface area contributed by atoms with Gasteiger partial charge in [0.25, 0.3) is 0 Å². The predicted octanol–water partition coefficient (Wildman–Crippen LogP) is 2.69. The fourth-order valence-electron chi connectivity index (χ4n) is 3.77. The van der Waals surface area contributed by atoms with Crippen LogP contribution in [0.3, 0.4) is 0 Å². The molecular formula is C17H23NO3. The van der Waals surface area contributed by atoms with Gasteiger partial charge in [-0.05, 0) is 25.7 Å². The third-order valence-corrected chi connectivity index (χ3v) is 4.75. The molecule has 0 amide bonds. The Morgan fingerprint density at radius 3 is 2.38 bits per heavy atom. The number of hydrogen-bond donors (Lipinski definition) is 1. The van der Waals surface area contributed by atoms with E-state index in [0.717, 1.165) is 24.0 Å². The normalized spacial score (nSPS) is 28.0. The highest BCUT2D eigenvalue weighted by Gasteiger charge is 2.37. The zero-order valence-corrected chi connectivity index (χ0v) is 12.7. The molecule has 2 unspecified atom stereocenters. The van der Waals surface area contributed by atoms with Crippen LogP contribution in [0, 0.1) is 5.92 Å². The van der Waals surface area contributed by atoms with Gasteiger partial charge in [-0.15, -0.1) is 0 Å². The summed E-state index contributed by atoms with van der Waals surface area (Å²) in [6.45, 7) is 0. The highest BCUT2D eigenvalue weighted by molar-refractivity contribution is 5.99. The second-order valence-corrected chi connectivity index (χ2v) is 6.06. The van der Waals surface area contributed by atoms with Gasteiger partial charge in [0.05, 0.1) is 0 Å². The van der Waals surface area contributed by atoms with E-state index in [1.165, 1.54) is 12.8 Å². The van der Waals surface area contributed by atoms with Gasteiger partial charge < -0.3 is 14.8 Å². The minimum atomic E-state index is -0.483. The lowest BCUT2D eigenvalue weighted by Crippen LogP contribution is -2.40. The Balaban J connectivity index is 1.84. The summed E-state index contributed by atoms with van der Waals surface area (Å²) in [6, 6.07) is 8.68. The molecule has 4 nitrogen and oxygen atoms in total. The van der Waals surface area contributed by atoms with Crippen molar-refractivity contribution in [2.75, 3.05) is 14.2 Å². The van der Waals surface area contributed by atoms with E-state index in [-0.39, 0.29) is 11.7 Å². The van der Waals surface area contributed by atoms with Crippen LogP contribution in [-0.4, -0.2) is 32.1 Å². The number of Topliss-reactive ketones (excluding diaryl/α,β-unsaturated/α-hetero) is 1. The van der Waals surface area contributed by atoms with Crippen LogP contribution in [0.2, 0.25) is 0 Å². The highest BCUT2D eigenvalue weighted by atomic mass is 16.7. The average Bonchev–Trinajstić information content (AvgIpc) is 2.86. The van der Waals surface area contributed by atoms with Crippen molar-refractivity contribution in [1.82, 2.24) is 5.32 Å². The quantitative estimate of drug-likeness (QED) is 0.669. The maximum atomic E-state index is 12.9. The number of carbonyl (C=O) groups excluding carboxylic acids is 1. The highest BCUT2D eigenvalue weighted by Crippen LogP contribution is 2.34. The molecule has 21 heavy (non-hydrogen) atoms. The van der Waals surface area contributed by atoms with Crippen molar-refractivity contribution < 1.29 is 14.3 Å². The first kappa shape index (κ1) is 14.7. The molecule has 0 aliphatic carbocycles. The van der Waals surface area contributed by atoms with E-state index in [4.69, 9.17) is 9.47 Å². The van der Waals surface area contributed by atoms with Gasteiger partial charge in [0.1, 0.15) is 0 Å². The number of benzene rings is 1. The topological polar surface area (TPSA) is 47.6 Å². The number of methoxy groups -OCH3 is 2. The standard InChI is InChI=1S/C17H23NO3/c1-20-17(21-2)15-6-4-3-5-14(15)16(19)11-9-12-7-8-13(10-11)18-12/h3-6,11-13,17-18H,7-10H2,1-2H3. The van der Waals surface area contributed by atoms with E-state index in [9.17, 15) is 4.79 Å². The number of ether oxygens (including phenoxy) is 2. The van der Waals surface area contributed by atoms with Gasteiger partial charge in [0, 0.05) is 43.3 Å². The number of fused-ring (bicyclic) bond motifs is 2. The van der Waals surface area contributed by atoms with Crippen LogP contribution in [-0.2, 0) is 9.47 Å². The fourth-order valence-corrected chi connectivity index (χ4v) is 3.77. The lowest BCUT2D eigenvalue weighted by atomic mass is 9.84. The zero-order chi connectivity index (χ0) is 14.8. The van der Waals surface area contributed by atoms with E-state index < -0.39 is 6.29 Å². The summed E-state index contributed by atoms with van der Waals surface area (Å²) in [5.74, 6) is 0.363. The van der Waals surface area contributed by atoms with Crippen LogP contribution >= 0.6 is 0 Å². The Hall–Kier alpha value is -1.23. The van der Waals surface area contributed by atoms with Crippen LogP contribution in [0.25, 0.3) is 0 Å². The Morgan fingerprint density at radius 2 is 1.76 bits per heavy atom. The molecule has 1 N–H and O–H groups in total. The maximum absolute atomic E-state index is 12.9. The van der Waals surface area contributed by atoms with Crippen molar-refractivity contribution in [2.45, 2.75) is 44.1 Å². The minimum Gasteiger partial charge on any atom is -0.352 e. The first-order valence-electron chi connectivity index (χ1n) is 7.67. The van der Waals surface area contributed by atoms with Crippen molar-refractivity contribution in [2.24, 2.45) is 5.92 Å². The lowest BCUT2D eigenvalue weighted by molar-refractivity contribution is -0.106. The Morgan fingerprint density at radius 1 is 1.14 bits per heavy atom. The molecule has 0 saturated carbocycles. The summed E-state index contributed by atoms with van der Waals surface area (Å²) in [6.07, 6.45) is 3.83. The molecule has 2 atom stereocenters. The molecule has 0 spiro atoms. The molecule has 1 aromatic carbocycles. The van der Waals surface area contributed by atoms with Crippen molar-refractivity contribution in [3.8, 4) is 0 Å². The molecule has 2 aliphatic heterocycles. The number of ketones is 1. The van der Waals surface area contributed by atoms with Crippen LogP contribution in [0.15, 0.2) is 24.3 Å². The Bertz CT molecular complexity index is 501. The molecule has 2 bridgehead atoms. The largest absolute Gasteiger partial charge is 0.352 e. The van der Waals surface area contributed by atoms with Gasteiger partial charge in [-0.25, -0.2) is 0 Å². The molecule has 3 rings (SSSR count). The van der Waals surface area contributed by atoms with Gasteiger partial charge in [-0.3, -0.25) is 4.79 Å². The van der Waals surface area contributed by atoms with Crippen LogP contribution < -0.4 is 5.32 Å². The summed E-state index contributed by atoms with van der Waals surface area (Å²) in [7, 11) is 3.19. The van der Waals surface area contributed by atoms with E-state index in [0.29, 0.717) is 12.1 Å². The molecule has 2 aliphatic rings. The zero-order valence-electron chi connectivity index (χ0n) is 12.7. The van der Waals surface area contributed by atoms with E-state index in [1.807, 2.05) is 24.3 Å². The molecular weight excluding hydrogens is 266 g/mol. The third-order valence-electron chi connectivity index (χ3n) is 4.75. The van der Waals surface area contributed by atoms with Gasteiger partial charge >= 0.3 is 0 Å². The second-order valence-electron chi connectivity index (χ2n) is 6.06. The van der Waals surface area contributed by atoms with Crippen LogP contribution in [0.5, 0.6) is 0 Å². The summed E-state index contributed by atoms with van der Waals surface area (Å²) in [5, 5.41) is 3.58. The summed E-state index contributed by atoms with van der Waals surface area (Å²) in [4.78, 5) is 12.9. The fraction of sp³-hybridized carbons (Fsp3) is 0.588. The summed E-state index contributed by atoms with van der Waals surface area (Å²) in [5.41, 5.74) is 1.58. The predicted molar refractivity (Wildman–Crippen MR) is 80.2 cm³/mol. The van der Waals surface area contributed by atoms with Gasteiger partial charge in [-0.1, -0.05) is 24.3 Å². The number of piperidine rings is 1. The van der Waals surface area contributed by atoms with Gasteiger partial charge in [0.15, 0.2) is 12.1 Å². The van der Waals surface area contributed by atoms with Crippen LogP contribution in [0.1, 0.15) is 47.9 Å². The Labute approximate surface area is 125 Å². The third kappa shape index (κ3) is 2.89. The lowest BCUT2D eigenvalue weighted by Gasteiger charge is -2.29. The number of nitrogens with one attached hydrogen (secondary N) is 1. The molecule has 0 aromatic heterocycles. The minimum absolute atomic E-state index is 0.124. The maximum Gasteiger partial charge on any atom is 0.183 e. The Kier molecular flexibility index (Phi) is 4.38. The first-order valence-corrected chi connectivity index (χ1v) is 7.67. The summed E-state index contributed by atoms with van der Waals surface area (Å²) < 4.78 is 10.7. The monoisotopic (exact) mass is 289 g/mol. The van der Waals surface area contributed by atoms with E-state index >= 15 is 0 Å². The first-order chi connectivity index (χ1) is 10.2. The molecule has 4 heteroatoms. The molecule has 2 fully saturated rings. The number of rotatable bonds is 5. The molecule has 114 valence electrons. The van der Waals surface area contributed by atoms with Crippen molar-refractivity contribution >= 4 is 5.78 Å². The summed E-state index contributed by atoms with van der Waals surface area (Å²) >= 11 is 0. The van der Waals surface area contributed by atoms with Crippen LogP contribution in [0.4, 0.5) is 0 Å². The molecule has 0 radical (unpaired) electrons. The SMILES string of the molecule is COC(OC)c1ccccc1C(=O)C1CC2CCC(C1)N2. The van der Waals surface area contributed by atoms with Crippen molar-refractivity contribution in [3.63, 3.8) is 0 Å². The second kappa shape index (κ2) is 6.26. The van der Waals surface area contributed by atoms with Crippen molar-refractivity contribution in [1.29, 1.82) is 0 Å². The van der Waals surface area contributed by atoms with Gasteiger partial charge in [-0.2, -0.15) is 0 Å². The average molecular weight is 289 g/mol. The number of carbonyl (C=O) groups is 1. The smallest absolute Gasteiger partial charge is 0.183 e. The van der Waals surface area contributed by atoms with Gasteiger partial charge in [0.2, 0.25) is 0 Å². The van der Waals surface area contributed by atoms with E-state index in [2.05, 4.69) is 5.32 Å².